The lowest BCUT2D eigenvalue weighted by molar-refractivity contribution is -0.141. The number of nitrogens with one attached hydrogen (secondary N) is 2. The first-order valence-corrected chi connectivity index (χ1v) is 11.8. The number of hydrogen-bond acceptors (Lipinski definition) is 5. The molecule has 0 bridgehead atoms. The molecular formula is C24H24ClFN6O5. The van der Waals surface area contributed by atoms with Gasteiger partial charge in [0, 0.05) is 29.6 Å². The number of amides is 4. The van der Waals surface area contributed by atoms with Gasteiger partial charge in [0.2, 0.25) is 11.8 Å². The van der Waals surface area contributed by atoms with Gasteiger partial charge in [-0.2, -0.15) is 5.10 Å². The monoisotopic (exact) mass is 530 g/mol. The summed E-state index contributed by atoms with van der Waals surface area (Å²) in [5.74, 6) is -2.39. The molecule has 2 aromatic carbocycles. The predicted octanol–water partition coefficient (Wildman–Crippen LogP) is 1.87. The van der Waals surface area contributed by atoms with E-state index in [1.54, 1.807) is 30.3 Å². The highest BCUT2D eigenvalue weighted by Gasteiger charge is 2.38. The Kier molecular flexibility index (Phi) is 7.58. The molecule has 13 heteroatoms. The molecule has 11 nitrogen and oxygen atoms in total. The zero-order valence-corrected chi connectivity index (χ0v) is 20.2. The van der Waals surface area contributed by atoms with Crippen molar-refractivity contribution in [2.24, 2.45) is 5.73 Å². The van der Waals surface area contributed by atoms with Gasteiger partial charge >= 0.3 is 6.09 Å². The Balaban J connectivity index is 1.50. The molecule has 4 amide bonds. The summed E-state index contributed by atoms with van der Waals surface area (Å²) >= 11 is 5.79. The molecule has 5 N–H and O–H groups in total. The first-order valence-electron chi connectivity index (χ1n) is 11.4. The molecule has 0 spiro atoms. The van der Waals surface area contributed by atoms with Crippen LogP contribution in [0.1, 0.15) is 28.9 Å². The molecule has 0 aliphatic heterocycles. The average molecular weight is 531 g/mol. The van der Waals surface area contributed by atoms with E-state index in [9.17, 15) is 23.6 Å². The Labute approximate surface area is 215 Å². The minimum Gasteiger partial charge on any atom is -0.465 e. The number of primary amides is 1. The first-order chi connectivity index (χ1) is 17.6. The van der Waals surface area contributed by atoms with Gasteiger partial charge in [-0.25, -0.2) is 9.18 Å². The fourth-order valence-electron chi connectivity index (χ4n) is 4.29. The van der Waals surface area contributed by atoms with Crippen molar-refractivity contribution in [3.8, 4) is 0 Å². The third kappa shape index (κ3) is 5.80. The van der Waals surface area contributed by atoms with Crippen LogP contribution in [0.4, 0.5) is 9.18 Å². The lowest BCUT2D eigenvalue weighted by Crippen LogP contribution is -2.57. The van der Waals surface area contributed by atoms with Crippen LogP contribution in [-0.2, 0) is 22.7 Å². The number of para-hydroxylation sites is 1. The van der Waals surface area contributed by atoms with Crippen LogP contribution in [0, 0.1) is 5.82 Å². The van der Waals surface area contributed by atoms with Gasteiger partial charge in [-0.1, -0.05) is 41.9 Å². The third-order valence-corrected chi connectivity index (χ3v) is 6.49. The summed E-state index contributed by atoms with van der Waals surface area (Å²) in [4.78, 5) is 50.2. The number of aromatic nitrogens is 2. The van der Waals surface area contributed by atoms with Crippen molar-refractivity contribution in [1.29, 1.82) is 0 Å². The van der Waals surface area contributed by atoms with Crippen molar-refractivity contribution in [2.45, 2.75) is 38.0 Å². The summed E-state index contributed by atoms with van der Waals surface area (Å²) in [6.07, 6.45) is -0.536. The van der Waals surface area contributed by atoms with Gasteiger partial charge in [-0.15, -0.1) is 0 Å². The number of carbonyl (C=O) groups is 4. The summed E-state index contributed by atoms with van der Waals surface area (Å²) in [5.41, 5.74) is 6.16. The van der Waals surface area contributed by atoms with Gasteiger partial charge in [0.15, 0.2) is 5.69 Å². The maximum Gasteiger partial charge on any atom is 0.404 e. The second-order valence-electron chi connectivity index (χ2n) is 8.67. The summed E-state index contributed by atoms with van der Waals surface area (Å²) in [5, 5.41) is 18.5. The second-order valence-corrected chi connectivity index (χ2v) is 9.08. The van der Waals surface area contributed by atoms with E-state index in [0.717, 1.165) is 0 Å². The number of fused-ring (bicyclic) bond motifs is 1. The first kappa shape index (κ1) is 25.9. The second kappa shape index (κ2) is 10.8. The summed E-state index contributed by atoms with van der Waals surface area (Å²) in [6.45, 7) is -0.752. The number of halogens is 2. The molecule has 194 valence electrons. The zero-order valence-electron chi connectivity index (χ0n) is 19.5. The topological polar surface area (TPSA) is 160 Å². The minimum atomic E-state index is -1.18. The lowest BCUT2D eigenvalue weighted by Gasteiger charge is -2.42. The maximum atomic E-state index is 14.2. The molecule has 0 unspecified atom stereocenters. The van der Waals surface area contributed by atoms with Crippen molar-refractivity contribution in [3.63, 3.8) is 0 Å². The Bertz CT molecular complexity index is 1370. The van der Waals surface area contributed by atoms with Crippen molar-refractivity contribution in [2.75, 3.05) is 6.54 Å². The molecule has 1 aliphatic carbocycles. The normalized spacial score (nSPS) is 16.6. The SMILES string of the molecule is NC(=O)c1nn(CC(=O)N(CC(=O)NCc2cccc(Cl)c2F)[C@H]2C[C@H](NC(=O)O)C2)c2ccccc12. The summed E-state index contributed by atoms with van der Waals surface area (Å²) < 4.78 is 15.5. The molecule has 0 saturated heterocycles. The van der Waals surface area contributed by atoms with Crippen molar-refractivity contribution in [1.82, 2.24) is 25.3 Å². The number of benzene rings is 2. The van der Waals surface area contributed by atoms with E-state index in [4.69, 9.17) is 22.4 Å². The maximum absolute atomic E-state index is 14.2. The minimum absolute atomic E-state index is 0.0191. The summed E-state index contributed by atoms with van der Waals surface area (Å²) in [6, 6.07) is 10.5. The highest BCUT2D eigenvalue weighted by Crippen LogP contribution is 2.27. The van der Waals surface area contributed by atoms with E-state index in [0.29, 0.717) is 23.7 Å². The van der Waals surface area contributed by atoms with Crippen LogP contribution in [0.2, 0.25) is 5.02 Å². The van der Waals surface area contributed by atoms with Crippen LogP contribution in [0.3, 0.4) is 0 Å². The molecule has 0 atom stereocenters. The number of hydrogen-bond donors (Lipinski definition) is 4. The molecular weight excluding hydrogens is 507 g/mol. The van der Waals surface area contributed by atoms with Crippen molar-refractivity contribution < 1.29 is 28.7 Å². The molecule has 3 aromatic rings. The Hall–Kier alpha value is -4.19. The smallest absolute Gasteiger partial charge is 0.404 e. The van der Waals surface area contributed by atoms with E-state index in [1.165, 1.54) is 21.7 Å². The number of nitrogens with two attached hydrogens (primary N) is 1. The highest BCUT2D eigenvalue weighted by molar-refractivity contribution is 6.30. The van der Waals surface area contributed by atoms with E-state index in [1.807, 2.05) is 0 Å². The fraction of sp³-hybridized carbons (Fsp3) is 0.292. The van der Waals surface area contributed by atoms with Crippen LogP contribution in [0.25, 0.3) is 10.9 Å². The van der Waals surface area contributed by atoms with E-state index < -0.39 is 35.7 Å². The van der Waals surface area contributed by atoms with Gasteiger partial charge < -0.3 is 26.4 Å². The van der Waals surface area contributed by atoms with Crippen LogP contribution < -0.4 is 16.4 Å². The number of carboxylic acid groups (broad SMARTS) is 1. The molecule has 0 radical (unpaired) electrons. The molecule has 4 rings (SSSR count). The molecule has 1 fully saturated rings. The lowest BCUT2D eigenvalue weighted by atomic mass is 9.85. The standard InChI is InChI=1S/C24H24ClFN6O5/c25-17-6-3-4-13(21(17)26)10-28-19(33)11-31(15-8-14(9-15)29-24(36)37)20(34)12-32-18-7-2-1-5-16(18)22(30-32)23(27)35/h1-7,14-15,29H,8-12H2,(H2,27,35)(H,28,33)(H,36,37)/t14-,15-. The van der Waals surface area contributed by atoms with Gasteiger partial charge in [-0.3, -0.25) is 19.1 Å². The number of rotatable bonds is 9. The van der Waals surface area contributed by atoms with Gasteiger partial charge in [0.05, 0.1) is 17.1 Å². The van der Waals surface area contributed by atoms with E-state index in [2.05, 4.69) is 15.7 Å². The fourth-order valence-corrected chi connectivity index (χ4v) is 4.49. The molecule has 1 saturated carbocycles. The number of nitrogens with zero attached hydrogens (tertiary/aromatic N) is 3. The largest absolute Gasteiger partial charge is 0.465 e. The van der Waals surface area contributed by atoms with Crippen molar-refractivity contribution >= 4 is 46.3 Å². The van der Waals surface area contributed by atoms with E-state index in [-0.39, 0.29) is 42.0 Å². The van der Waals surface area contributed by atoms with Gasteiger partial charge in [-0.05, 0) is 25.0 Å². The van der Waals surface area contributed by atoms with Crippen LogP contribution in [0.15, 0.2) is 42.5 Å². The van der Waals surface area contributed by atoms with Gasteiger partial charge in [0.1, 0.15) is 12.4 Å². The zero-order chi connectivity index (χ0) is 26.7. The van der Waals surface area contributed by atoms with Crippen LogP contribution >= 0.6 is 11.6 Å². The van der Waals surface area contributed by atoms with Crippen LogP contribution in [0.5, 0.6) is 0 Å². The van der Waals surface area contributed by atoms with E-state index >= 15 is 0 Å². The van der Waals surface area contributed by atoms with Crippen LogP contribution in [-0.4, -0.2) is 62.2 Å². The summed E-state index contributed by atoms with van der Waals surface area (Å²) in [7, 11) is 0. The quantitative estimate of drug-likeness (QED) is 0.330. The number of carbonyl (C=O) groups excluding carboxylic acids is 3. The third-order valence-electron chi connectivity index (χ3n) is 6.20. The Morgan fingerprint density at radius 3 is 2.59 bits per heavy atom. The Morgan fingerprint density at radius 1 is 1.16 bits per heavy atom. The van der Waals surface area contributed by atoms with Crippen molar-refractivity contribution in [3.05, 3.63) is 64.6 Å². The predicted molar refractivity (Wildman–Crippen MR) is 131 cm³/mol. The average Bonchev–Trinajstić information content (AvgIpc) is 3.19. The van der Waals surface area contributed by atoms with Gasteiger partial charge in [0.25, 0.3) is 5.91 Å². The Morgan fingerprint density at radius 2 is 1.89 bits per heavy atom. The molecule has 1 heterocycles. The highest BCUT2D eigenvalue weighted by atomic mass is 35.5. The molecule has 1 aromatic heterocycles. The molecule has 37 heavy (non-hydrogen) atoms. The molecule has 1 aliphatic rings.